The van der Waals surface area contributed by atoms with Crippen molar-refractivity contribution in [2.24, 2.45) is 0 Å². The molecule has 0 atom stereocenters. The Labute approximate surface area is 171 Å². The largest absolute Gasteiger partial charge is 0.424 e. The van der Waals surface area contributed by atoms with Crippen LogP contribution in [0.25, 0.3) is 0 Å². The highest BCUT2D eigenvalue weighted by Crippen LogP contribution is 2.38. The monoisotopic (exact) mass is 441 g/mol. The van der Waals surface area contributed by atoms with Crippen molar-refractivity contribution in [2.75, 3.05) is 11.4 Å². The highest BCUT2D eigenvalue weighted by Gasteiger charge is 2.35. The van der Waals surface area contributed by atoms with Crippen molar-refractivity contribution in [3.05, 3.63) is 68.6 Å². The number of ether oxygens (including phenoxy) is 1. The van der Waals surface area contributed by atoms with Crippen LogP contribution in [0.1, 0.15) is 16.8 Å². The van der Waals surface area contributed by atoms with Crippen molar-refractivity contribution in [1.29, 1.82) is 0 Å². The summed E-state index contributed by atoms with van der Waals surface area (Å²) in [4.78, 5) is 21.6. The van der Waals surface area contributed by atoms with Gasteiger partial charge in [-0.25, -0.2) is 14.5 Å². The van der Waals surface area contributed by atoms with Crippen molar-refractivity contribution in [2.45, 2.75) is 19.1 Å². The number of H-pyrrole nitrogens is 1. The second-order valence-electron chi connectivity index (χ2n) is 6.43. The lowest BCUT2D eigenvalue weighted by Gasteiger charge is -2.29. The van der Waals surface area contributed by atoms with Gasteiger partial charge in [-0.1, -0.05) is 11.6 Å². The van der Waals surface area contributed by atoms with Gasteiger partial charge in [-0.2, -0.15) is 23.3 Å². The van der Waals surface area contributed by atoms with Crippen LogP contribution in [0.2, 0.25) is 5.02 Å². The maximum Gasteiger partial charge on any atom is 0.420 e. The SMILES string of the molecule is O=c1[nH]ncc(N2CCc3nc(Oc4ccc(F)cc4C(F)(F)F)ncc3C2)c1Cl. The third kappa shape index (κ3) is 3.92. The average molecular weight is 442 g/mol. The minimum Gasteiger partial charge on any atom is -0.424 e. The quantitative estimate of drug-likeness (QED) is 0.624. The molecule has 2 aromatic heterocycles. The molecular formula is C18H12ClF4N5O2. The molecule has 0 bridgehead atoms. The van der Waals surface area contributed by atoms with Crippen LogP contribution in [0, 0.1) is 5.82 Å². The first-order chi connectivity index (χ1) is 14.2. The lowest BCUT2D eigenvalue weighted by Crippen LogP contribution is -2.32. The molecule has 0 unspecified atom stereocenters. The van der Waals surface area contributed by atoms with E-state index in [2.05, 4.69) is 20.2 Å². The molecule has 0 amide bonds. The molecule has 0 fully saturated rings. The van der Waals surface area contributed by atoms with Crippen molar-refractivity contribution < 1.29 is 22.3 Å². The number of nitrogens with zero attached hydrogens (tertiary/aromatic N) is 4. The van der Waals surface area contributed by atoms with E-state index < -0.39 is 28.9 Å². The summed E-state index contributed by atoms with van der Waals surface area (Å²) in [6.07, 6.45) is -1.53. The zero-order valence-electron chi connectivity index (χ0n) is 15.0. The van der Waals surface area contributed by atoms with E-state index in [0.717, 1.165) is 12.1 Å². The van der Waals surface area contributed by atoms with Gasteiger partial charge < -0.3 is 9.64 Å². The molecule has 7 nitrogen and oxygen atoms in total. The number of rotatable bonds is 3. The summed E-state index contributed by atoms with van der Waals surface area (Å²) in [7, 11) is 0. The molecule has 3 aromatic rings. The van der Waals surface area contributed by atoms with Crippen LogP contribution in [-0.2, 0) is 19.1 Å². The lowest BCUT2D eigenvalue weighted by atomic mass is 10.1. The van der Waals surface area contributed by atoms with Crippen molar-refractivity contribution in [1.82, 2.24) is 20.2 Å². The van der Waals surface area contributed by atoms with E-state index in [1.165, 1.54) is 12.4 Å². The Kier molecular flexibility index (Phi) is 5.06. The van der Waals surface area contributed by atoms with Gasteiger partial charge in [-0.3, -0.25) is 4.79 Å². The van der Waals surface area contributed by atoms with Crippen LogP contribution in [0.4, 0.5) is 23.2 Å². The highest BCUT2D eigenvalue weighted by molar-refractivity contribution is 6.32. The number of benzene rings is 1. The van der Waals surface area contributed by atoms with E-state index in [1.54, 1.807) is 0 Å². The van der Waals surface area contributed by atoms with E-state index >= 15 is 0 Å². The fourth-order valence-corrected chi connectivity index (χ4v) is 3.27. The number of aromatic nitrogens is 4. The summed E-state index contributed by atoms with van der Waals surface area (Å²) in [6.45, 7) is 0.767. The molecule has 1 aliphatic heterocycles. The molecule has 0 aliphatic carbocycles. The van der Waals surface area contributed by atoms with Gasteiger partial charge in [-0.15, -0.1) is 0 Å². The van der Waals surface area contributed by atoms with Gasteiger partial charge in [0.2, 0.25) is 0 Å². The predicted octanol–water partition coefficient (Wildman–Crippen LogP) is 3.73. The minimum atomic E-state index is -4.80. The smallest absolute Gasteiger partial charge is 0.420 e. The Morgan fingerprint density at radius 1 is 1.23 bits per heavy atom. The number of nitrogens with one attached hydrogen (secondary N) is 1. The third-order valence-corrected chi connectivity index (χ3v) is 4.84. The van der Waals surface area contributed by atoms with E-state index in [4.69, 9.17) is 16.3 Å². The summed E-state index contributed by atoms with van der Waals surface area (Å²) >= 11 is 6.04. The van der Waals surface area contributed by atoms with Crippen LogP contribution < -0.4 is 15.2 Å². The topological polar surface area (TPSA) is 84.0 Å². The summed E-state index contributed by atoms with van der Waals surface area (Å²) in [5.41, 5.74) is -0.0420. The summed E-state index contributed by atoms with van der Waals surface area (Å²) < 4.78 is 57.9. The van der Waals surface area contributed by atoms with E-state index in [0.29, 0.717) is 42.5 Å². The van der Waals surface area contributed by atoms with Gasteiger partial charge in [0, 0.05) is 31.3 Å². The number of hydrogen-bond donors (Lipinski definition) is 1. The van der Waals surface area contributed by atoms with Crippen molar-refractivity contribution in [3.63, 3.8) is 0 Å². The Bertz CT molecular complexity index is 1170. The Morgan fingerprint density at radius 3 is 2.80 bits per heavy atom. The number of aromatic amines is 1. The number of alkyl halides is 3. The summed E-state index contributed by atoms with van der Waals surface area (Å²) in [5, 5.41) is 5.98. The fraction of sp³-hybridized carbons (Fsp3) is 0.222. The summed E-state index contributed by atoms with van der Waals surface area (Å²) in [5.74, 6) is -1.63. The average Bonchev–Trinajstić information content (AvgIpc) is 2.70. The Hall–Kier alpha value is -3.21. The minimum absolute atomic E-state index is 0.00492. The predicted molar refractivity (Wildman–Crippen MR) is 98.1 cm³/mol. The van der Waals surface area contributed by atoms with Crippen LogP contribution >= 0.6 is 11.6 Å². The molecule has 156 valence electrons. The molecule has 3 heterocycles. The van der Waals surface area contributed by atoms with Gasteiger partial charge in [0.15, 0.2) is 0 Å². The molecule has 1 aliphatic rings. The lowest BCUT2D eigenvalue weighted by molar-refractivity contribution is -0.138. The molecule has 0 spiro atoms. The molecule has 30 heavy (non-hydrogen) atoms. The van der Waals surface area contributed by atoms with Crippen molar-refractivity contribution in [3.8, 4) is 11.8 Å². The van der Waals surface area contributed by atoms with Crippen LogP contribution in [0.3, 0.4) is 0 Å². The first kappa shape index (κ1) is 20.1. The van der Waals surface area contributed by atoms with E-state index in [9.17, 15) is 22.4 Å². The first-order valence-corrected chi connectivity index (χ1v) is 8.97. The fourth-order valence-electron chi connectivity index (χ4n) is 3.06. The third-order valence-electron chi connectivity index (χ3n) is 4.48. The van der Waals surface area contributed by atoms with E-state index in [1.807, 2.05) is 4.90 Å². The molecule has 12 heteroatoms. The molecule has 0 radical (unpaired) electrons. The number of fused-ring (bicyclic) bond motifs is 1. The van der Waals surface area contributed by atoms with Crippen LogP contribution in [0.5, 0.6) is 11.8 Å². The molecule has 0 saturated carbocycles. The Morgan fingerprint density at radius 2 is 2.03 bits per heavy atom. The molecule has 0 saturated heterocycles. The molecule has 1 N–H and O–H groups in total. The van der Waals surface area contributed by atoms with E-state index in [-0.39, 0.29) is 11.0 Å². The van der Waals surface area contributed by atoms with Gasteiger partial charge >= 0.3 is 12.2 Å². The maximum absolute atomic E-state index is 13.2. The van der Waals surface area contributed by atoms with Crippen LogP contribution in [-0.4, -0.2) is 26.7 Å². The second kappa shape index (κ2) is 7.56. The zero-order valence-corrected chi connectivity index (χ0v) is 15.8. The maximum atomic E-state index is 13.2. The summed E-state index contributed by atoms with van der Waals surface area (Å²) in [6, 6.07) is 1.81. The Balaban J connectivity index is 1.59. The van der Waals surface area contributed by atoms with Gasteiger partial charge in [0.05, 0.1) is 17.6 Å². The molecular weight excluding hydrogens is 430 g/mol. The molecule has 1 aromatic carbocycles. The van der Waals surface area contributed by atoms with Gasteiger partial charge in [0.1, 0.15) is 22.2 Å². The van der Waals surface area contributed by atoms with Crippen LogP contribution in [0.15, 0.2) is 35.4 Å². The normalized spacial score (nSPS) is 13.8. The first-order valence-electron chi connectivity index (χ1n) is 8.60. The van der Waals surface area contributed by atoms with Gasteiger partial charge in [0.25, 0.3) is 5.56 Å². The second-order valence-corrected chi connectivity index (χ2v) is 6.81. The number of anilines is 1. The number of halogens is 5. The van der Waals surface area contributed by atoms with Crippen molar-refractivity contribution >= 4 is 17.3 Å². The highest BCUT2D eigenvalue weighted by atomic mass is 35.5. The standard InChI is InChI=1S/C18H12ClF4N5O2/c19-15-13(7-25-27-16(15)29)28-4-3-12-9(8-28)6-24-17(26-12)30-14-2-1-10(20)5-11(14)18(21,22)23/h1-2,5-7H,3-4,8H2,(H,27,29). The molecule has 4 rings (SSSR count). The zero-order chi connectivity index (χ0) is 21.5. The van der Waals surface area contributed by atoms with Gasteiger partial charge in [-0.05, 0) is 18.2 Å². The number of hydrogen-bond acceptors (Lipinski definition) is 6.